The lowest BCUT2D eigenvalue weighted by atomic mass is 9.90. The minimum absolute atomic E-state index is 0.243. The van der Waals surface area contributed by atoms with Gasteiger partial charge in [-0.25, -0.2) is 4.79 Å². The maximum Gasteiger partial charge on any atom is 0.338 e. The second kappa shape index (κ2) is 6.05. The molecule has 0 saturated carbocycles. The van der Waals surface area contributed by atoms with Crippen LogP contribution in [0.15, 0.2) is 18.2 Å². The zero-order valence-corrected chi connectivity index (χ0v) is 11.9. The summed E-state index contributed by atoms with van der Waals surface area (Å²) >= 11 is 0. The number of hydrogen-bond acceptors (Lipinski definition) is 4. The van der Waals surface area contributed by atoms with E-state index in [4.69, 9.17) is 10.5 Å². The molecular formula is C15H20N2O3. The van der Waals surface area contributed by atoms with Gasteiger partial charge in [-0.3, -0.25) is 9.69 Å². The van der Waals surface area contributed by atoms with E-state index in [0.717, 1.165) is 12.1 Å². The van der Waals surface area contributed by atoms with Crippen LogP contribution in [0.3, 0.4) is 0 Å². The molecule has 0 aliphatic carbocycles. The Morgan fingerprint density at radius 1 is 1.45 bits per heavy atom. The molecule has 1 aromatic carbocycles. The maximum atomic E-state index is 11.8. The number of carbonyl (C=O) groups is 2. The zero-order valence-electron chi connectivity index (χ0n) is 11.9. The molecular weight excluding hydrogens is 256 g/mol. The highest BCUT2D eigenvalue weighted by molar-refractivity contribution is 5.89. The first-order chi connectivity index (χ1) is 9.51. The number of fused-ring (bicyclic) bond motifs is 1. The Labute approximate surface area is 118 Å². The topological polar surface area (TPSA) is 72.6 Å². The summed E-state index contributed by atoms with van der Waals surface area (Å²) in [6, 6.07) is 5.64. The molecule has 1 heterocycles. The predicted molar refractivity (Wildman–Crippen MR) is 75.3 cm³/mol. The van der Waals surface area contributed by atoms with Crippen LogP contribution in [-0.4, -0.2) is 36.5 Å². The van der Waals surface area contributed by atoms with Gasteiger partial charge in [-0.1, -0.05) is 13.0 Å². The van der Waals surface area contributed by atoms with Crippen LogP contribution in [0.4, 0.5) is 0 Å². The molecule has 20 heavy (non-hydrogen) atoms. The molecule has 108 valence electrons. The van der Waals surface area contributed by atoms with E-state index in [2.05, 4.69) is 6.92 Å². The van der Waals surface area contributed by atoms with E-state index in [0.29, 0.717) is 24.6 Å². The number of nitrogens with zero attached hydrogens (tertiary/aromatic N) is 1. The second-order valence-corrected chi connectivity index (χ2v) is 5.17. The highest BCUT2D eigenvalue weighted by Gasteiger charge is 2.24. The molecule has 1 aliphatic heterocycles. The molecule has 0 unspecified atom stereocenters. The maximum absolute atomic E-state index is 11.8. The smallest absolute Gasteiger partial charge is 0.338 e. The Hall–Kier alpha value is -1.88. The quantitative estimate of drug-likeness (QED) is 0.840. The van der Waals surface area contributed by atoms with Gasteiger partial charge in [0.05, 0.1) is 18.7 Å². The van der Waals surface area contributed by atoms with E-state index in [1.54, 1.807) is 13.0 Å². The Bertz CT molecular complexity index is 528. The lowest BCUT2D eigenvalue weighted by Crippen LogP contribution is -2.38. The van der Waals surface area contributed by atoms with E-state index in [1.807, 2.05) is 17.0 Å². The van der Waals surface area contributed by atoms with Gasteiger partial charge >= 0.3 is 5.97 Å². The molecule has 1 aromatic rings. The average Bonchev–Trinajstić information content (AvgIpc) is 2.37. The molecule has 0 fully saturated rings. The van der Waals surface area contributed by atoms with E-state index < -0.39 is 0 Å². The minimum atomic E-state index is -0.331. The molecule has 0 radical (unpaired) electrons. The fraction of sp³-hybridized carbons (Fsp3) is 0.467. The number of primary amides is 1. The highest BCUT2D eigenvalue weighted by Crippen LogP contribution is 2.28. The van der Waals surface area contributed by atoms with Gasteiger partial charge in [-0.2, -0.15) is 0 Å². The van der Waals surface area contributed by atoms with Gasteiger partial charge < -0.3 is 10.5 Å². The first kappa shape index (κ1) is 14.5. The summed E-state index contributed by atoms with van der Waals surface area (Å²) in [6.45, 7) is 5.93. The second-order valence-electron chi connectivity index (χ2n) is 5.17. The van der Waals surface area contributed by atoms with Crippen molar-refractivity contribution in [2.24, 2.45) is 5.73 Å². The van der Waals surface area contributed by atoms with Gasteiger partial charge in [0.2, 0.25) is 5.91 Å². The van der Waals surface area contributed by atoms with Gasteiger partial charge in [0.1, 0.15) is 0 Å². The third-order valence-corrected chi connectivity index (χ3v) is 3.49. The summed E-state index contributed by atoms with van der Waals surface area (Å²) < 4.78 is 5.01. The van der Waals surface area contributed by atoms with Crippen molar-refractivity contribution >= 4 is 11.9 Å². The summed E-state index contributed by atoms with van der Waals surface area (Å²) in [6.07, 6.45) is 0. The van der Waals surface area contributed by atoms with Crippen molar-refractivity contribution in [3.63, 3.8) is 0 Å². The third kappa shape index (κ3) is 3.17. The molecule has 1 amide bonds. The number of esters is 1. The number of rotatable bonds is 4. The first-order valence-corrected chi connectivity index (χ1v) is 6.81. The van der Waals surface area contributed by atoms with Crippen molar-refractivity contribution < 1.29 is 14.3 Å². The molecule has 1 aliphatic rings. The number of amides is 1. The first-order valence-electron chi connectivity index (χ1n) is 6.81. The summed E-state index contributed by atoms with van der Waals surface area (Å²) in [5.41, 5.74) is 8.09. The number of carbonyl (C=O) groups excluding carboxylic acids is 2. The normalized spacial score (nSPS) is 18.4. The number of benzene rings is 1. The van der Waals surface area contributed by atoms with E-state index in [9.17, 15) is 9.59 Å². The SMILES string of the molecule is CCOC(=O)c1ccc2c(c1)CN(CC(N)=O)C[C@@H]2C. The summed E-state index contributed by atoms with van der Waals surface area (Å²) in [7, 11) is 0. The monoisotopic (exact) mass is 276 g/mol. The van der Waals surface area contributed by atoms with Crippen molar-refractivity contribution in [2.75, 3.05) is 19.7 Å². The fourth-order valence-electron chi connectivity index (χ4n) is 2.70. The van der Waals surface area contributed by atoms with Gasteiger partial charge in [0.25, 0.3) is 0 Å². The summed E-state index contributed by atoms with van der Waals surface area (Å²) in [5.74, 6) is -0.327. The molecule has 2 N–H and O–H groups in total. The predicted octanol–water partition coefficient (Wildman–Crippen LogP) is 1.27. The van der Waals surface area contributed by atoms with Crippen LogP contribution < -0.4 is 5.73 Å². The van der Waals surface area contributed by atoms with E-state index >= 15 is 0 Å². The minimum Gasteiger partial charge on any atom is -0.462 e. The van der Waals surface area contributed by atoms with Gasteiger partial charge in [0.15, 0.2) is 0 Å². The molecule has 5 nitrogen and oxygen atoms in total. The molecule has 5 heteroatoms. The van der Waals surface area contributed by atoms with Crippen LogP contribution in [0.1, 0.15) is 41.3 Å². The number of hydrogen-bond donors (Lipinski definition) is 1. The van der Waals surface area contributed by atoms with Crippen molar-refractivity contribution in [2.45, 2.75) is 26.3 Å². The summed E-state index contributed by atoms with van der Waals surface area (Å²) in [5, 5.41) is 0. The van der Waals surface area contributed by atoms with E-state index in [1.165, 1.54) is 5.56 Å². The summed E-state index contributed by atoms with van der Waals surface area (Å²) in [4.78, 5) is 24.8. The molecule has 0 bridgehead atoms. The van der Waals surface area contributed by atoms with Gasteiger partial charge in [-0.05, 0) is 36.1 Å². The van der Waals surface area contributed by atoms with Crippen LogP contribution in [0, 0.1) is 0 Å². The Morgan fingerprint density at radius 3 is 2.85 bits per heavy atom. The van der Waals surface area contributed by atoms with Gasteiger partial charge in [0, 0.05) is 13.1 Å². The fourth-order valence-corrected chi connectivity index (χ4v) is 2.70. The third-order valence-electron chi connectivity index (χ3n) is 3.49. The molecule has 1 atom stereocenters. The average molecular weight is 276 g/mol. The van der Waals surface area contributed by atoms with Crippen LogP contribution >= 0.6 is 0 Å². The number of ether oxygens (including phenoxy) is 1. The van der Waals surface area contributed by atoms with Crippen molar-refractivity contribution in [1.82, 2.24) is 4.90 Å². The highest BCUT2D eigenvalue weighted by atomic mass is 16.5. The van der Waals surface area contributed by atoms with Crippen LogP contribution in [0.2, 0.25) is 0 Å². The van der Waals surface area contributed by atoms with Crippen LogP contribution in [0.5, 0.6) is 0 Å². The van der Waals surface area contributed by atoms with Crippen LogP contribution in [-0.2, 0) is 16.1 Å². The Morgan fingerprint density at radius 2 is 2.20 bits per heavy atom. The largest absolute Gasteiger partial charge is 0.462 e. The Balaban J connectivity index is 2.23. The van der Waals surface area contributed by atoms with Crippen molar-refractivity contribution in [1.29, 1.82) is 0 Å². The van der Waals surface area contributed by atoms with Crippen molar-refractivity contribution in [3.05, 3.63) is 34.9 Å². The molecule has 0 spiro atoms. The molecule has 0 saturated heterocycles. The lowest BCUT2D eigenvalue weighted by molar-refractivity contribution is -0.119. The Kier molecular flexibility index (Phi) is 4.39. The zero-order chi connectivity index (χ0) is 14.7. The van der Waals surface area contributed by atoms with E-state index in [-0.39, 0.29) is 18.4 Å². The van der Waals surface area contributed by atoms with Crippen molar-refractivity contribution in [3.8, 4) is 0 Å². The molecule has 0 aromatic heterocycles. The van der Waals surface area contributed by atoms with Crippen LogP contribution in [0.25, 0.3) is 0 Å². The van der Waals surface area contributed by atoms with Gasteiger partial charge in [-0.15, -0.1) is 0 Å². The standard InChI is InChI=1S/C15H20N2O3/c1-3-20-15(19)11-4-5-13-10(2)7-17(9-14(16)18)8-12(13)6-11/h4-6,10H,3,7-9H2,1-2H3,(H2,16,18)/t10-/m0/s1. The molecule has 2 rings (SSSR count). The number of nitrogens with two attached hydrogens (primary N) is 1. The lowest BCUT2D eigenvalue weighted by Gasteiger charge is -2.32.